The molecule has 1 heterocycles. The van der Waals surface area contributed by atoms with Crippen molar-refractivity contribution in [3.63, 3.8) is 0 Å². The molecule has 3 nitrogen and oxygen atoms in total. The Morgan fingerprint density at radius 2 is 2.36 bits per heavy atom. The Labute approximate surface area is 65.1 Å². The van der Waals surface area contributed by atoms with Gasteiger partial charge < -0.3 is 5.11 Å². The molecule has 2 N–H and O–H groups in total. The number of hydrogen-bond acceptors (Lipinski definition) is 2. The normalized spacial score (nSPS) is 30.2. The molecule has 1 saturated carbocycles. The number of carboxylic acids is 1. The third-order valence-corrected chi connectivity index (χ3v) is 2.27. The minimum atomic E-state index is -0.763. The van der Waals surface area contributed by atoms with Crippen LogP contribution in [0.1, 0.15) is 12.8 Å². The number of hydrogen-bond donors (Lipinski definition) is 2. The smallest absolute Gasteiger partial charge is 0.324 e. The van der Waals surface area contributed by atoms with Crippen LogP contribution in [0.5, 0.6) is 0 Å². The van der Waals surface area contributed by atoms with Crippen molar-refractivity contribution in [2.24, 2.45) is 5.92 Å². The van der Waals surface area contributed by atoms with E-state index < -0.39 is 12.0 Å². The summed E-state index contributed by atoms with van der Waals surface area (Å²) in [6, 6.07) is -0.425. The third-order valence-electron chi connectivity index (χ3n) is 2.27. The first kappa shape index (κ1) is 6.85. The van der Waals surface area contributed by atoms with Crippen molar-refractivity contribution in [1.29, 1.82) is 0 Å². The van der Waals surface area contributed by atoms with Gasteiger partial charge in [0.2, 0.25) is 0 Å². The van der Waals surface area contributed by atoms with Crippen molar-refractivity contribution in [2.75, 3.05) is 6.54 Å². The molecule has 0 bridgehead atoms. The SMILES string of the molecule is O=C(O)C1C=C(C2CC2)CN1. The van der Waals surface area contributed by atoms with E-state index in [1.54, 1.807) is 0 Å². The van der Waals surface area contributed by atoms with Crippen LogP contribution in [0.25, 0.3) is 0 Å². The largest absolute Gasteiger partial charge is 0.480 e. The lowest BCUT2D eigenvalue weighted by atomic mass is 10.1. The van der Waals surface area contributed by atoms with Gasteiger partial charge in [0.05, 0.1) is 0 Å². The van der Waals surface area contributed by atoms with Crippen LogP contribution in [0.4, 0.5) is 0 Å². The summed E-state index contributed by atoms with van der Waals surface area (Å²) in [5.74, 6) is -0.0625. The van der Waals surface area contributed by atoms with Crippen molar-refractivity contribution in [2.45, 2.75) is 18.9 Å². The highest BCUT2D eigenvalue weighted by molar-refractivity contribution is 5.77. The van der Waals surface area contributed by atoms with Crippen LogP contribution in [0.3, 0.4) is 0 Å². The Hall–Kier alpha value is -0.830. The molecule has 2 rings (SSSR count). The van der Waals surface area contributed by atoms with Gasteiger partial charge in [-0.3, -0.25) is 10.1 Å². The highest BCUT2D eigenvalue weighted by Gasteiger charge is 2.31. The van der Waals surface area contributed by atoms with Crippen molar-refractivity contribution in [3.8, 4) is 0 Å². The van der Waals surface area contributed by atoms with Gasteiger partial charge in [-0.25, -0.2) is 0 Å². The second-order valence-electron chi connectivity index (χ2n) is 3.21. The standard InChI is InChI=1S/C8H11NO2/c10-8(11)7-3-6(4-9-7)5-1-2-5/h3,5,7,9H,1-2,4H2,(H,10,11). The van der Waals surface area contributed by atoms with Crippen molar-refractivity contribution >= 4 is 5.97 Å². The first-order chi connectivity index (χ1) is 5.27. The van der Waals surface area contributed by atoms with Crippen LogP contribution < -0.4 is 5.32 Å². The van der Waals surface area contributed by atoms with Gasteiger partial charge in [-0.2, -0.15) is 0 Å². The molecule has 60 valence electrons. The van der Waals surface area contributed by atoms with Gasteiger partial charge in [0.1, 0.15) is 6.04 Å². The Kier molecular flexibility index (Phi) is 1.46. The van der Waals surface area contributed by atoms with E-state index in [2.05, 4.69) is 5.32 Å². The summed E-state index contributed by atoms with van der Waals surface area (Å²) in [4.78, 5) is 10.5. The minimum Gasteiger partial charge on any atom is -0.480 e. The quantitative estimate of drug-likeness (QED) is 0.564. The number of nitrogens with one attached hydrogen (secondary N) is 1. The number of rotatable bonds is 2. The van der Waals surface area contributed by atoms with Gasteiger partial charge in [0, 0.05) is 6.54 Å². The van der Waals surface area contributed by atoms with Crippen LogP contribution >= 0.6 is 0 Å². The molecular weight excluding hydrogens is 142 g/mol. The summed E-state index contributed by atoms with van der Waals surface area (Å²) in [6.07, 6.45) is 4.36. The number of aliphatic carboxylic acids is 1. The fourth-order valence-corrected chi connectivity index (χ4v) is 1.45. The first-order valence-corrected chi connectivity index (χ1v) is 3.94. The third kappa shape index (κ3) is 1.28. The lowest BCUT2D eigenvalue weighted by molar-refractivity contribution is -0.137. The Bertz CT molecular complexity index is 218. The van der Waals surface area contributed by atoms with Gasteiger partial charge in [-0.15, -0.1) is 0 Å². The molecule has 1 unspecified atom stereocenters. The molecular formula is C8H11NO2. The molecule has 0 amide bonds. The summed E-state index contributed by atoms with van der Waals surface area (Å²) in [6.45, 7) is 0.779. The molecule has 2 aliphatic rings. The topological polar surface area (TPSA) is 49.3 Å². The molecule has 0 aromatic rings. The predicted molar refractivity (Wildman–Crippen MR) is 40.2 cm³/mol. The molecule has 0 radical (unpaired) electrons. The average molecular weight is 153 g/mol. The summed E-state index contributed by atoms with van der Waals surface area (Å²) in [7, 11) is 0. The van der Waals surface area contributed by atoms with E-state index in [-0.39, 0.29) is 0 Å². The molecule has 3 heteroatoms. The Morgan fingerprint density at radius 1 is 1.64 bits per heavy atom. The van der Waals surface area contributed by atoms with E-state index in [0.29, 0.717) is 5.92 Å². The molecule has 0 aromatic carbocycles. The lowest BCUT2D eigenvalue weighted by Crippen LogP contribution is -2.30. The summed E-state index contributed by atoms with van der Waals surface area (Å²) >= 11 is 0. The number of carboxylic acid groups (broad SMARTS) is 1. The molecule has 1 aliphatic carbocycles. The lowest BCUT2D eigenvalue weighted by Gasteiger charge is -1.98. The van der Waals surface area contributed by atoms with E-state index in [4.69, 9.17) is 5.11 Å². The molecule has 1 fully saturated rings. The predicted octanol–water partition coefficient (Wildman–Crippen LogP) is 0.379. The molecule has 0 aromatic heterocycles. The van der Waals surface area contributed by atoms with Crippen LogP contribution in [-0.4, -0.2) is 23.7 Å². The maximum atomic E-state index is 10.5. The van der Waals surface area contributed by atoms with Crippen molar-refractivity contribution < 1.29 is 9.90 Å². The number of carbonyl (C=O) groups is 1. The molecule has 0 saturated heterocycles. The van der Waals surface area contributed by atoms with E-state index in [1.807, 2.05) is 6.08 Å². The minimum absolute atomic E-state index is 0.425. The van der Waals surface area contributed by atoms with E-state index in [1.165, 1.54) is 18.4 Å². The van der Waals surface area contributed by atoms with Gasteiger partial charge in [0.25, 0.3) is 0 Å². The second-order valence-corrected chi connectivity index (χ2v) is 3.21. The van der Waals surface area contributed by atoms with E-state index in [0.717, 1.165) is 6.54 Å². The van der Waals surface area contributed by atoms with Gasteiger partial charge in [-0.1, -0.05) is 11.6 Å². The molecule has 1 atom stereocenters. The molecule has 0 spiro atoms. The van der Waals surface area contributed by atoms with Crippen LogP contribution in [0, 0.1) is 5.92 Å². The zero-order chi connectivity index (χ0) is 7.84. The molecule has 11 heavy (non-hydrogen) atoms. The Morgan fingerprint density at radius 3 is 2.82 bits per heavy atom. The van der Waals surface area contributed by atoms with Crippen molar-refractivity contribution in [1.82, 2.24) is 5.32 Å². The van der Waals surface area contributed by atoms with Gasteiger partial charge in [0.15, 0.2) is 0 Å². The van der Waals surface area contributed by atoms with Gasteiger partial charge >= 0.3 is 5.97 Å². The Balaban J connectivity index is 2.03. The monoisotopic (exact) mass is 153 g/mol. The van der Waals surface area contributed by atoms with Crippen LogP contribution in [-0.2, 0) is 4.79 Å². The first-order valence-electron chi connectivity index (χ1n) is 3.94. The van der Waals surface area contributed by atoms with Crippen LogP contribution in [0.2, 0.25) is 0 Å². The average Bonchev–Trinajstić information content (AvgIpc) is 2.68. The van der Waals surface area contributed by atoms with Crippen molar-refractivity contribution in [3.05, 3.63) is 11.6 Å². The summed E-state index contributed by atoms with van der Waals surface area (Å²) in [5, 5.41) is 11.6. The zero-order valence-corrected chi connectivity index (χ0v) is 6.21. The fraction of sp³-hybridized carbons (Fsp3) is 0.625. The van der Waals surface area contributed by atoms with E-state index in [9.17, 15) is 4.79 Å². The van der Waals surface area contributed by atoms with E-state index >= 15 is 0 Å². The highest BCUT2D eigenvalue weighted by atomic mass is 16.4. The maximum absolute atomic E-state index is 10.5. The summed E-state index contributed by atoms with van der Waals surface area (Å²) in [5.41, 5.74) is 1.30. The maximum Gasteiger partial charge on any atom is 0.324 e. The fourth-order valence-electron chi connectivity index (χ4n) is 1.45. The summed E-state index contributed by atoms with van der Waals surface area (Å²) < 4.78 is 0. The van der Waals surface area contributed by atoms with Crippen LogP contribution in [0.15, 0.2) is 11.6 Å². The van der Waals surface area contributed by atoms with Gasteiger partial charge in [-0.05, 0) is 18.8 Å². The zero-order valence-electron chi connectivity index (χ0n) is 6.21. The second kappa shape index (κ2) is 2.34. The molecule has 1 aliphatic heterocycles. The highest BCUT2D eigenvalue weighted by Crippen LogP contribution is 2.37.